The number of esters is 1. The Balaban J connectivity index is 0.000000845. The van der Waals surface area contributed by atoms with E-state index in [4.69, 9.17) is 10.5 Å². The van der Waals surface area contributed by atoms with E-state index < -0.39 is 0 Å². The maximum Gasteiger partial charge on any atom is 0.323 e. The van der Waals surface area contributed by atoms with Crippen molar-refractivity contribution in [1.29, 1.82) is 0 Å². The molecule has 0 aromatic carbocycles. The molecule has 13 heavy (non-hydrogen) atoms. The molecule has 0 radical (unpaired) electrons. The van der Waals surface area contributed by atoms with E-state index >= 15 is 0 Å². The molecule has 0 saturated heterocycles. The minimum Gasteiger partial charge on any atom is -0.465 e. The summed E-state index contributed by atoms with van der Waals surface area (Å²) in [6, 6.07) is -0.359. The highest BCUT2D eigenvalue weighted by molar-refractivity contribution is 5.85. The van der Waals surface area contributed by atoms with Crippen molar-refractivity contribution in [2.75, 3.05) is 6.61 Å². The molecule has 0 aliphatic heterocycles. The number of rotatable bonds is 3. The lowest BCUT2D eigenvalue weighted by Gasteiger charge is -2.63. The van der Waals surface area contributed by atoms with Gasteiger partial charge in [0, 0.05) is 0 Å². The molecule has 3 fully saturated rings. The highest BCUT2D eigenvalue weighted by atomic mass is 35.5. The van der Waals surface area contributed by atoms with Crippen LogP contribution in [-0.4, -0.2) is 18.6 Å². The molecule has 0 aromatic rings. The van der Waals surface area contributed by atoms with Crippen LogP contribution in [0.3, 0.4) is 0 Å². The van der Waals surface area contributed by atoms with Crippen molar-refractivity contribution in [2.45, 2.75) is 32.2 Å². The third-order valence-electron chi connectivity index (χ3n) is 3.29. The standard InChI is InChI=1S/C9H15NO2.ClH/c1-2-12-8(11)7(10)9-3-6(4-9)5-9;/h6-7H,2-5,10H2,1H3;1H/t6?,7-,9?;/m1./s1. The molecule has 0 heterocycles. The Labute approximate surface area is 84.4 Å². The summed E-state index contributed by atoms with van der Waals surface area (Å²) in [5.74, 6) is 0.654. The zero-order valence-corrected chi connectivity index (χ0v) is 8.60. The van der Waals surface area contributed by atoms with Crippen LogP contribution in [0.2, 0.25) is 0 Å². The van der Waals surface area contributed by atoms with Crippen molar-refractivity contribution in [3.63, 3.8) is 0 Å². The topological polar surface area (TPSA) is 52.3 Å². The smallest absolute Gasteiger partial charge is 0.323 e. The lowest BCUT2D eigenvalue weighted by molar-refractivity contribution is -0.170. The summed E-state index contributed by atoms with van der Waals surface area (Å²) in [5, 5.41) is 0. The average Bonchev–Trinajstić information content (AvgIpc) is 1.81. The Hall–Kier alpha value is -0.280. The maximum atomic E-state index is 11.3. The van der Waals surface area contributed by atoms with Gasteiger partial charge in [0.1, 0.15) is 6.04 Å². The van der Waals surface area contributed by atoms with Crippen molar-refractivity contribution in [2.24, 2.45) is 17.1 Å². The molecule has 3 nitrogen and oxygen atoms in total. The van der Waals surface area contributed by atoms with Crippen LogP contribution in [0.15, 0.2) is 0 Å². The molecule has 3 saturated carbocycles. The molecule has 1 atom stereocenters. The number of halogens is 1. The first-order chi connectivity index (χ1) is 5.68. The van der Waals surface area contributed by atoms with Crippen molar-refractivity contribution in [1.82, 2.24) is 0 Å². The van der Waals surface area contributed by atoms with E-state index in [0.29, 0.717) is 6.61 Å². The van der Waals surface area contributed by atoms with Crippen molar-refractivity contribution >= 4 is 18.4 Å². The van der Waals surface area contributed by atoms with Crippen LogP contribution < -0.4 is 5.73 Å². The Morgan fingerprint density at radius 1 is 1.62 bits per heavy atom. The van der Waals surface area contributed by atoms with Gasteiger partial charge < -0.3 is 10.5 Å². The molecule has 3 aliphatic carbocycles. The zero-order valence-electron chi connectivity index (χ0n) is 7.79. The Morgan fingerprint density at radius 3 is 2.46 bits per heavy atom. The number of ether oxygens (including phenoxy) is 1. The summed E-state index contributed by atoms with van der Waals surface area (Å²) >= 11 is 0. The quantitative estimate of drug-likeness (QED) is 0.702. The van der Waals surface area contributed by atoms with Crippen molar-refractivity contribution < 1.29 is 9.53 Å². The molecule has 0 unspecified atom stereocenters. The molecule has 0 spiro atoms. The van der Waals surface area contributed by atoms with Gasteiger partial charge in [-0.2, -0.15) is 0 Å². The second-order valence-corrected chi connectivity index (χ2v) is 4.07. The van der Waals surface area contributed by atoms with Crippen LogP contribution in [0.5, 0.6) is 0 Å². The Morgan fingerprint density at radius 2 is 2.15 bits per heavy atom. The Bertz CT molecular complexity index is 203. The molecule has 2 N–H and O–H groups in total. The number of carbonyl (C=O) groups is 1. The van der Waals surface area contributed by atoms with E-state index in [1.807, 2.05) is 6.92 Å². The molecule has 4 heteroatoms. The highest BCUT2D eigenvalue weighted by Crippen LogP contribution is 2.65. The fraction of sp³-hybridized carbons (Fsp3) is 0.889. The van der Waals surface area contributed by atoms with Gasteiger partial charge in [-0.15, -0.1) is 12.4 Å². The average molecular weight is 206 g/mol. The minimum atomic E-state index is -0.359. The first-order valence-corrected chi connectivity index (χ1v) is 4.60. The van der Waals surface area contributed by atoms with Crippen molar-refractivity contribution in [3.8, 4) is 0 Å². The molecular formula is C9H16ClNO2. The summed E-state index contributed by atoms with van der Waals surface area (Å²) in [7, 11) is 0. The van der Waals surface area contributed by atoms with E-state index in [1.54, 1.807) is 0 Å². The number of hydrogen-bond acceptors (Lipinski definition) is 3. The summed E-state index contributed by atoms with van der Waals surface area (Å²) in [5.41, 5.74) is 5.96. The minimum absolute atomic E-state index is 0. The lowest BCUT2D eigenvalue weighted by atomic mass is 9.42. The molecule has 2 bridgehead atoms. The molecule has 3 aliphatic rings. The van der Waals surface area contributed by atoms with Gasteiger partial charge in [-0.1, -0.05) is 0 Å². The largest absolute Gasteiger partial charge is 0.465 e. The summed E-state index contributed by atoms with van der Waals surface area (Å²) < 4.78 is 4.89. The van der Waals surface area contributed by atoms with E-state index in [1.165, 1.54) is 0 Å². The number of carbonyl (C=O) groups excluding carboxylic acids is 1. The third kappa shape index (κ3) is 1.44. The fourth-order valence-electron chi connectivity index (χ4n) is 2.41. The van der Waals surface area contributed by atoms with Gasteiger partial charge in [-0.3, -0.25) is 4.79 Å². The molecule has 0 aromatic heterocycles. The van der Waals surface area contributed by atoms with Crippen LogP contribution in [0.1, 0.15) is 26.2 Å². The second-order valence-electron chi connectivity index (χ2n) is 4.07. The van der Waals surface area contributed by atoms with E-state index in [9.17, 15) is 4.79 Å². The summed E-state index contributed by atoms with van der Waals surface area (Å²) in [4.78, 5) is 11.3. The predicted molar refractivity (Wildman–Crippen MR) is 51.6 cm³/mol. The monoisotopic (exact) mass is 205 g/mol. The maximum absolute atomic E-state index is 11.3. The van der Waals surface area contributed by atoms with Gasteiger partial charge in [-0.25, -0.2) is 0 Å². The third-order valence-corrected chi connectivity index (χ3v) is 3.29. The van der Waals surface area contributed by atoms with E-state index in [-0.39, 0.29) is 29.8 Å². The van der Waals surface area contributed by atoms with Gasteiger partial charge in [0.25, 0.3) is 0 Å². The van der Waals surface area contributed by atoms with E-state index in [2.05, 4.69) is 0 Å². The van der Waals surface area contributed by atoms with Crippen LogP contribution in [0, 0.1) is 11.3 Å². The fourth-order valence-corrected chi connectivity index (χ4v) is 2.41. The van der Waals surface area contributed by atoms with Crippen molar-refractivity contribution in [3.05, 3.63) is 0 Å². The number of nitrogens with two attached hydrogens (primary N) is 1. The van der Waals surface area contributed by atoms with Gasteiger partial charge in [-0.05, 0) is 37.5 Å². The molecular weight excluding hydrogens is 190 g/mol. The van der Waals surface area contributed by atoms with Crippen LogP contribution in [0.4, 0.5) is 0 Å². The summed E-state index contributed by atoms with van der Waals surface area (Å²) in [6.07, 6.45) is 3.44. The van der Waals surface area contributed by atoms with Gasteiger partial charge in [0.15, 0.2) is 0 Å². The highest BCUT2D eigenvalue weighted by Gasteiger charge is 2.61. The van der Waals surface area contributed by atoms with Crippen LogP contribution in [0.25, 0.3) is 0 Å². The lowest BCUT2D eigenvalue weighted by Crippen LogP contribution is -2.64. The van der Waals surface area contributed by atoms with Gasteiger partial charge in [0.2, 0.25) is 0 Å². The van der Waals surface area contributed by atoms with Crippen LogP contribution >= 0.6 is 12.4 Å². The molecule has 3 rings (SSSR count). The Kier molecular flexibility index (Phi) is 2.88. The normalized spacial score (nSPS) is 36.3. The first kappa shape index (κ1) is 10.8. The summed E-state index contributed by atoms with van der Waals surface area (Å²) in [6.45, 7) is 2.25. The van der Waals surface area contributed by atoms with Gasteiger partial charge in [0.05, 0.1) is 6.61 Å². The predicted octanol–water partition coefficient (Wildman–Crippen LogP) is 1.10. The zero-order chi connectivity index (χ0) is 8.77. The first-order valence-electron chi connectivity index (χ1n) is 4.60. The number of hydrogen-bond donors (Lipinski definition) is 1. The second kappa shape index (κ2) is 3.46. The molecule has 0 amide bonds. The van der Waals surface area contributed by atoms with Gasteiger partial charge >= 0.3 is 5.97 Å². The van der Waals surface area contributed by atoms with Crippen LogP contribution in [-0.2, 0) is 9.53 Å². The SMILES string of the molecule is CCOC(=O)[C@@H](N)C12CC(C1)C2.Cl. The van der Waals surface area contributed by atoms with E-state index in [0.717, 1.165) is 25.2 Å². The molecule has 76 valence electrons.